The summed E-state index contributed by atoms with van der Waals surface area (Å²) in [4.78, 5) is 7.04. The van der Waals surface area contributed by atoms with Crippen LogP contribution in [-0.4, -0.2) is 22.3 Å². The molecule has 3 rings (SSSR count). The maximum Gasteiger partial charge on any atom is 0.416 e. The third kappa shape index (κ3) is 2.89. The first kappa shape index (κ1) is 14.4. The molecule has 0 bridgehead atoms. The SMILES string of the molecule is OC1OC(c2ccc(C(F)(F)F)cc2)=N/C1=C/c1ccc[nH]1. The van der Waals surface area contributed by atoms with Crippen molar-refractivity contribution in [1.29, 1.82) is 0 Å². The number of aromatic nitrogens is 1. The zero-order chi connectivity index (χ0) is 15.7. The number of halogens is 3. The Hall–Kier alpha value is -2.54. The molecule has 0 radical (unpaired) electrons. The molecule has 2 heterocycles. The van der Waals surface area contributed by atoms with Gasteiger partial charge in [0.25, 0.3) is 0 Å². The van der Waals surface area contributed by atoms with Crippen molar-refractivity contribution in [1.82, 2.24) is 4.98 Å². The second-order valence-electron chi connectivity index (χ2n) is 4.66. The monoisotopic (exact) mass is 308 g/mol. The molecule has 0 amide bonds. The van der Waals surface area contributed by atoms with Gasteiger partial charge in [-0.1, -0.05) is 0 Å². The van der Waals surface area contributed by atoms with E-state index in [-0.39, 0.29) is 11.6 Å². The summed E-state index contributed by atoms with van der Waals surface area (Å²) < 4.78 is 42.7. The van der Waals surface area contributed by atoms with Crippen LogP contribution >= 0.6 is 0 Å². The standard InChI is InChI=1S/C15H11F3N2O2/c16-15(17,18)10-5-3-9(4-6-10)13-20-12(14(21)22-13)8-11-2-1-7-19-11/h1-8,14,19,21H/b12-8+. The van der Waals surface area contributed by atoms with Gasteiger partial charge >= 0.3 is 6.18 Å². The van der Waals surface area contributed by atoms with E-state index in [1.165, 1.54) is 12.1 Å². The summed E-state index contributed by atoms with van der Waals surface area (Å²) in [7, 11) is 0. The number of benzene rings is 1. The number of hydrogen-bond acceptors (Lipinski definition) is 3. The van der Waals surface area contributed by atoms with Crippen LogP contribution in [-0.2, 0) is 10.9 Å². The highest BCUT2D eigenvalue weighted by molar-refractivity contribution is 5.96. The topological polar surface area (TPSA) is 57.6 Å². The molecule has 1 atom stereocenters. The predicted octanol–water partition coefficient (Wildman–Crippen LogP) is 3.17. The molecule has 7 heteroatoms. The van der Waals surface area contributed by atoms with E-state index in [4.69, 9.17) is 4.74 Å². The maximum atomic E-state index is 12.5. The van der Waals surface area contributed by atoms with E-state index >= 15 is 0 Å². The van der Waals surface area contributed by atoms with Crippen molar-refractivity contribution in [3.8, 4) is 0 Å². The van der Waals surface area contributed by atoms with E-state index in [2.05, 4.69) is 9.98 Å². The summed E-state index contributed by atoms with van der Waals surface area (Å²) >= 11 is 0. The van der Waals surface area contributed by atoms with E-state index in [0.29, 0.717) is 5.56 Å². The Bertz CT molecular complexity index is 716. The first-order chi connectivity index (χ1) is 10.4. The van der Waals surface area contributed by atoms with Gasteiger partial charge in [-0.2, -0.15) is 13.2 Å². The fourth-order valence-corrected chi connectivity index (χ4v) is 2.00. The molecule has 0 fully saturated rings. The average molecular weight is 308 g/mol. The lowest BCUT2D eigenvalue weighted by atomic mass is 10.1. The highest BCUT2D eigenvalue weighted by Gasteiger charge is 2.31. The number of rotatable bonds is 2. The molecule has 1 aromatic heterocycles. The first-order valence-electron chi connectivity index (χ1n) is 6.39. The van der Waals surface area contributed by atoms with E-state index in [9.17, 15) is 18.3 Å². The number of ether oxygens (including phenoxy) is 1. The van der Waals surface area contributed by atoms with E-state index in [1.807, 2.05) is 0 Å². The zero-order valence-electron chi connectivity index (χ0n) is 11.1. The molecule has 22 heavy (non-hydrogen) atoms. The fraction of sp³-hybridized carbons (Fsp3) is 0.133. The minimum absolute atomic E-state index is 0.0824. The molecular weight excluding hydrogens is 297 g/mol. The largest absolute Gasteiger partial charge is 0.441 e. The van der Waals surface area contributed by atoms with Crippen molar-refractivity contribution < 1.29 is 23.0 Å². The van der Waals surface area contributed by atoms with Gasteiger partial charge in [0.1, 0.15) is 5.70 Å². The minimum atomic E-state index is -4.39. The number of aliphatic imine (C=N–C) groups is 1. The Morgan fingerprint density at radius 3 is 2.50 bits per heavy atom. The highest BCUT2D eigenvalue weighted by atomic mass is 19.4. The molecule has 2 aromatic rings. The third-order valence-electron chi connectivity index (χ3n) is 3.09. The predicted molar refractivity (Wildman–Crippen MR) is 73.8 cm³/mol. The molecule has 1 aliphatic heterocycles. The molecular formula is C15H11F3N2O2. The van der Waals surface area contributed by atoms with Gasteiger partial charge in [0.2, 0.25) is 12.2 Å². The molecule has 114 valence electrons. The lowest BCUT2D eigenvalue weighted by molar-refractivity contribution is -0.137. The Labute approximate surface area is 123 Å². The number of alkyl halides is 3. The van der Waals surface area contributed by atoms with Crippen LogP contribution in [0.5, 0.6) is 0 Å². The van der Waals surface area contributed by atoms with Crippen molar-refractivity contribution in [3.63, 3.8) is 0 Å². The van der Waals surface area contributed by atoms with Crippen molar-refractivity contribution in [2.75, 3.05) is 0 Å². The molecule has 1 aromatic carbocycles. The van der Waals surface area contributed by atoms with E-state index < -0.39 is 18.0 Å². The second kappa shape index (κ2) is 5.34. The highest BCUT2D eigenvalue weighted by Crippen LogP contribution is 2.30. The smallest absolute Gasteiger partial charge is 0.416 e. The Morgan fingerprint density at radius 1 is 1.18 bits per heavy atom. The average Bonchev–Trinajstić information content (AvgIpc) is 3.09. The van der Waals surface area contributed by atoms with Gasteiger partial charge in [-0.3, -0.25) is 0 Å². The van der Waals surface area contributed by atoms with Crippen molar-refractivity contribution in [2.45, 2.75) is 12.5 Å². The van der Waals surface area contributed by atoms with Gasteiger partial charge in [0, 0.05) is 17.5 Å². The molecule has 0 saturated carbocycles. The molecule has 1 unspecified atom stereocenters. The van der Waals surface area contributed by atoms with E-state index in [1.54, 1.807) is 24.4 Å². The van der Waals surface area contributed by atoms with Gasteiger partial charge in [-0.05, 0) is 42.5 Å². The molecule has 0 aliphatic carbocycles. The van der Waals surface area contributed by atoms with Crippen LogP contribution in [0.3, 0.4) is 0 Å². The lowest BCUT2D eigenvalue weighted by Crippen LogP contribution is -2.11. The van der Waals surface area contributed by atoms with Crippen LogP contribution in [0.1, 0.15) is 16.8 Å². The zero-order valence-corrected chi connectivity index (χ0v) is 11.1. The van der Waals surface area contributed by atoms with Gasteiger partial charge in [0.05, 0.1) is 5.56 Å². The van der Waals surface area contributed by atoms with E-state index in [0.717, 1.165) is 17.8 Å². The van der Waals surface area contributed by atoms with Gasteiger partial charge < -0.3 is 14.8 Å². The van der Waals surface area contributed by atoms with Crippen LogP contribution < -0.4 is 0 Å². The Balaban J connectivity index is 1.86. The van der Waals surface area contributed by atoms with Gasteiger partial charge in [-0.25, -0.2) is 4.99 Å². The first-order valence-corrected chi connectivity index (χ1v) is 6.39. The number of aliphatic hydroxyl groups excluding tert-OH is 1. The summed E-state index contributed by atoms with van der Waals surface area (Å²) in [6, 6.07) is 7.97. The normalized spacial score (nSPS) is 20.1. The van der Waals surface area contributed by atoms with Crippen molar-refractivity contribution >= 4 is 12.0 Å². The molecule has 1 aliphatic rings. The maximum absolute atomic E-state index is 12.5. The van der Waals surface area contributed by atoms with Crippen LogP contribution in [0.4, 0.5) is 13.2 Å². The summed E-state index contributed by atoms with van der Waals surface area (Å²) in [6.07, 6.45) is -2.33. The number of nitrogens with zero attached hydrogens (tertiary/aromatic N) is 1. The van der Waals surface area contributed by atoms with Crippen molar-refractivity contribution in [2.24, 2.45) is 4.99 Å². The lowest BCUT2D eigenvalue weighted by Gasteiger charge is -2.08. The molecule has 0 saturated heterocycles. The Kier molecular flexibility index (Phi) is 3.50. The van der Waals surface area contributed by atoms with Crippen LogP contribution in [0.2, 0.25) is 0 Å². The molecule has 2 N–H and O–H groups in total. The number of aromatic amines is 1. The molecule has 4 nitrogen and oxygen atoms in total. The summed E-state index contributed by atoms with van der Waals surface area (Å²) in [5.74, 6) is 0.0824. The third-order valence-corrected chi connectivity index (χ3v) is 3.09. The molecule has 0 spiro atoms. The Morgan fingerprint density at radius 2 is 1.91 bits per heavy atom. The second-order valence-corrected chi connectivity index (χ2v) is 4.66. The fourth-order valence-electron chi connectivity index (χ4n) is 2.00. The number of hydrogen-bond donors (Lipinski definition) is 2. The summed E-state index contributed by atoms with van der Waals surface area (Å²) in [5, 5.41) is 9.80. The number of nitrogens with one attached hydrogen (secondary N) is 1. The van der Waals surface area contributed by atoms with Crippen molar-refractivity contribution in [3.05, 3.63) is 65.1 Å². The van der Waals surface area contributed by atoms with Gasteiger partial charge in [-0.15, -0.1) is 0 Å². The minimum Gasteiger partial charge on any atom is -0.441 e. The quantitative estimate of drug-likeness (QED) is 0.895. The van der Waals surface area contributed by atoms with Crippen LogP contribution in [0.25, 0.3) is 6.08 Å². The van der Waals surface area contributed by atoms with Crippen LogP contribution in [0.15, 0.2) is 53.3 Å². The van der Waals surface area contributed by atoms with Crippen LogP contribution in [0, 0.1) is 0 Å². The summed E-state index contributed by atoms with van der Waals surface area (Å²) in [5.41, 5.74) is 0.617. The number of aliphatic hydroxyl groups is 1. The summed E-state index contributed by atoms with van der Waals surface area (Å²) in [6.45, 7) is 0. The number of H-pyrrole nitrogens is 1. The van der Waals surface area contributed by atoms with Gasteiger partial charge in [0.15, 0.2) is 0 Å².